The van der Waals surface area contributed by atoms with E-state index in [0.717, 1.165) is 27.7 Å². The number of halogens is 1. The second-order valence-electron chi connectivity index (χ2n) is 3.16. The fraction of sp³-hybridized carbons (Fsp3) is 0. The van der Waals surface area contributed by atoms with Crippen molar-refractivity contribution >= 4 is 46.0 Å². The molecule has 0 aliphatic carbocycles. The van der Waals surface area contributed by atoms with E-state index in [1.165, 1.54) is 11.8 Å². The van der Waals surface area contributed by atoms with Crippen LogP contribution in [0.2, 0.25) is 5.15 Å². The highest BCUT2D eigenvalue weighted by atomic mass is 35.5. The van der Waals surface area contributed by atoms with Crippen molar-refractivity contribution in [3.05, 3.63) is 35.7 Å². The molecule has 0 bridgehead atoms. The third-order valence-electron chi connectivity index (χ3n) is 2.12. The van der Waals surface area contributed by atoms with Gasteiger partial charge in [-0.25, -0.2) is 9.97 Å². The van der Waals surface area contributed by atoms with E-state index in [1.807, 2.05) is 24.3 Å². The Morgan fingerprint density at radius 2 is 1.94 bits per heavy atom. The van der Waals surface area contributed by atoms with E-state index in [2.05, 4.69) is 18.7 Å². The van der Waals surface area contributed by atoms with E-state index >= 15 is 0 Å². The Morgan fingerprint density at radius 1 is 1.06 bits per heavy atom. The summed E-state index contributed by atoms with van der Waals surface area (Å²) in [7, 11) is 0. The van der Waals surface area contributed by atoms with Crippen LogP contribution in [0.25, 0.3) is 10.9 Å². The topological polar surface area (TPSA) is 51.6 Å². The molecule has 0 amide bonds. The fourth-order valence-corrected chi connectivity index (χ4v) is 3.05. The van der Waals surface area contributed by atoms with Gasteiger partial charge in [-0.2, -0.15) is 8.75 Å². The lowest BCUT2D eigenvalue weighted by Crippen LogP contribution is -1.86. The molecule has 2 aromatic heterocycles. The molecule has 0 atom stereocenters. The molecule has 84 valence electrons. The third-order valence-corrected chi connectivity index (χ3v) is 4.24. The minimum absolute atomic E-state index is 0.419. The number of rotatable bonds is 2. The van der Waals surface area contributed by atoms with Gasteiger partial charge in [0, 0.05) is 5.39 Å². The maximum atomic E-state index is 5.91. The summed E-state index contributed by atoms with van der Waals surface area (Å²) in [5, 5.41) is 2.93. The van der Waals surface area contributed by atoms with Crippen molar-refractivity contribution in [3.63, 3.8) is 0 Å². The maximum Gasteiger partial charge on any atom is 0.177 e. The third kappa shape index (κ3) is 2.11. The van der Waals surface area contributed by atoms with Crippen molar-refractivity contribution in [2.75, 3.05) is 0 Å². The Bertz CT molecular complexity index is 665. The molecule has 0 aliphatic heterocycles. The van der Waals surface area contributed by atoms with Gasteiger partial charge >= 0.3 is 0 Å². The lowest BCUT2D eigenvalue weighted by molar-refractivity contribution is 1.09. The molecule has 0 fully saturated rings. The van der Waals surface area contributed by atoms with Gasteiger partial charge in [-0.15, -0.1) is 0 Å². The maximum absolute atomic E-state index is 5.91. The number of fused-ring (bicyclic) bond motifs is 1. The van der Waals surface area contributed by atoms with Crippen molar-refractivity contribution in [2.24, 2.45) is 0 Å². The molecule has 17 heavy (non-hydrogen) atoms. The van der Waals surface area contributed by atoms with Crippen molar-refractivity contribution in [3.8, 4) is 0 Å². The van der Waals surface area contributed by atoms with Crippen LogP contribution in [0, 0.1) is 0 Å². The smallest absolute Gasteiger partial charge is 0.177 e. The first-order valence-corrected chi connectivity index (χ1v) is 6.63. The van der Waals surface area contributed by atoms with Crippen LogP contribution in [0.15, 0.2) is 40.6 Å². The Labute approximate surface area is 110 Å². The van der Waals surface area contributed by atoms with Crippen LogP contribution in [-0.4, -0.2) is 18.7 Å². The van der Waals surface area contributed by atoms with Gasteiger partial charge in [0.1, 0.15) is 11.4 Å². The summed E-state index contributed by atoms with van der Waals surface area (Å²) in [4.78, 5) is 8.46. The second-order valence-corrected chi connectivity index (χ2v) is 5.02. The van der Waals surface area contributed by atoms with Crippen molar-refractivity contribution in [1.29, 1.82) is 0 Å². The van der Waals surface area contributed by atoms with Gasteiger partial charge in [-0.1, -0.05) is 29.8 Å². The highest BCUT2D eigenvalue weighted by Gasteiger charge is 2.11. The number of nitrogens with zero attached hydrogens (tertiary/aromatic N) is 4. The molecule has 7 heteroatoms. The zero-order valence-corrected chi connectivity index (χ0v) is 10.8. The first-order chi connectivity index (χ1) is 8.34. The number of hydrogen-bond acceptors (Lipinski definition) is 6. The average molecular weight is 281 g/mol. The molecule has 0 spiro atoms. The van der Waals surface area contributed by atoms with Crippen molar-refractivity contribution in [1.82, 2.24) is 18.7 Å². The normalized spacial score (nSPS) is 10.9. The number of para-hydroxylation sites is 1. The van der Waals surface area contributed by atoms with E-state index in [4.69, 9.17) is 11.6 Å². The lowest BCUT2D eigenvalue weighted by Gasteiger charge is -2.01. The van der Waals surface area contributed by atoms with Crippen LogP contribution in [0.4, 0.5) is 0 Å². The minimum Gasteiger partial charge on any atom is -0.236 e. The van der Waals surface area contributed by atoms with Crippen LogP contribution in [0.1, 0.15) is 0 Å². The summed E-state index contributed by atoms with van der Waals surface area (Å²) >= 11 is 8.41. The van der Waals surface area contributed by atoms with Crippen LogP contribution < -0.4 is 0 Å². The van der Waals surface area contributed by atoms with Gasteiger partial charge in [0.15, 0.2) is 10.2 Å². The molecule has 0 unspecified atom stereocenters. The first-order valence-electron chi connectivity index (χ1n) is 4.70. The van der Waals surface area contributed by atoms with Crippen molar-refractivity contribution in [2.45, 2.75) is 10.1 Å². The first kappa shape index (κ1) is 10.9. The predicted octanol–water partition coefficient (Wildman–Crippen LogP) is 3.29. The van der Waals surface area contributed by atoms with E-state index in [1.54, 1.807) is 6.33 Å². The Morgan fingerprint density at radius 3 is 2.76 bits per heavy atom. The molecule has 3 rings (SSSR count). The molecule has 0 saturated heterocycles. The summed E-state index contributed by atoms with van der Waals surface area (Å²) < 4.78 is 8.04. The molecule has 3 aromatic rings. The van der Waals surface area contributed by atoms with Gasteiger partial charge in [0.25, 0.3) is 0 Å². The van der Waals surface area contributed by atoms with E-state index in [9.17, 15) is 0 Å². The summed E-state index contributed by atoms with van der Waals surface area (Å²) in [5.41, 5.74) is 0.907. The summed E-state index contributed by atoms with van der Waals surface area (Å²) in [6.45, 7) is 0. The molecule has 0 aliphatic rings. The molecule has 2 heterocycles. The molecule has 0 saturated carbocycles. The van der Waals surface area contributed by atoms with Crippen LogP contribution in [0.5, 0.6) is 0 Å². The minimum atomic E-state index is 0.419. The highest BCUT2D eigenvalue weighted by molar-refractivity contribution is 7.99. The van der Waals surface area contributed by atoms with Crippen LogP contribution in [-0.2, 0) is 0 Å². The molecular weight excluding hydrogens is 276 g/mol. The molecule has 4 nitrogen and oxygen atoms in total. The summed E-state index contributed by atoms with van der Waals surface area (Å²) in [6.07, 6.45) is 1.54. The zero-order valence-electron chi connectivity index (χ0n) is 8.37. The molecule has 0 N–H and O–H groups in total. The standard InChI is InChI=1S/C10H5ClN4S2/c11-8-10(15-17-14-8)16-9-6-3-1-2-4-7(6)12-5-13-9/h1-5H. The molecular formula is C10H5ClN4S2. The number of hydrogen-bond donors (Lipinski definition) is 0. The Hall–Kier alpha value is -1.24. The summed E-state index contributed by atoms with van der Waals surface area (Å²) in [5.74, 6) is 0. The fourth-order valence-electron chi connectivity index (χ4n) is 1.38. The van der Waals surface area contributed by atoms with Gasteiger partial charge in [0.05, 0.1) is 17.2 Å². The second kappa shape index (κ2) is 4.56. The molecule has 1 aromatic carbocycles. The average Bonchev–Trinajstić information content (AvgIpc) is 2.76. The van der Waals surface area contributed by atoms with Crippen molar-refractivity contribution < 1.29 is 0 Å². The zero-order chi connectivity index (χ0) is 11.7. The predicted molar refractivity (Wildman–Crippen MR) is 68.6 cm³/mol. The van der Waals surface area contributed by atoms with E-state index < -0.39 is 0 Å². The van der Waals surface area contributed by atoms with Gasteiger partial charge in [-0.05, 0) is 17.8 Å². The monoisotopic (exact) mass is 280 g/mol. The largest absolute Gasteiger partial charge is 0.236 e. The van der Waals surface area contributed by atoms with Gasteiger partial charge in [0.2, 0.25) is 0 Å². The summed E-state index contributed by atoms with van der Waals surface area (Å²) in [6, 6.07) is 7.82. The Kier molecular flexibility index (Phi) is 2.92. The Balaban J connectivity index is 2.09. The van der Waals surface area contributed by atoms with E-state index in [0.29, 0.717) is 10.2 Å². The number of aromatic nitrogens is 4. The quantitative estimate of drug-likeness (QED) is 0.674. The van der Waals surface area contributed by atoms with Crippen LogP contribution >= 0.6 is 35.1 Å². The van der Waals surface area contributed by atoms with Gasteiger partial charge < -0.3 is 0 Å². The number of benzene rings is 1. The van der Waals surface area contributed by atoms with Gasteiger partial charge in [-0.3, -0.25) is 0 Å². The SMILES string of the molecule is Clc1nsnc1Sc1ncnc2ccccc12. The van der Waals surface area contributed by atoms with Crippen LogP contribution in [0.3, 0.4) is 0 Å². The van der Waals surface area contributed by atoms with E-state index in [-0.39, 0.29) is 0 Å². The lowest BCUT2D eigenvalue weighted by atomic mass is 10.2. The molecule has 0 radical (unpaired) electrons. The highest BCUT2D eigenvalue weighted by Crippen LogP contribution is 2.33.